The van der Waals surface area contributed by atoms with Crippen LogP contribution in [0.1, 0.15) is 54.4 Å². The summed E-state index contributed by atoms with van der Waals surface area (Å²) in [5.41, 5.74) is -0.325. The van der Waals surface area contributed by atoms with Crippen molar-refractivity contribution in [1.82, 2.24) is 4.90 Å². The lowest BCUT2D eigenvalue weighted by Crippen LogP contribution is -2.59. The van der Waals surface area contributed by atoms with Gasteiger partial charge in [0, 0.05) is 17.0 Å². The molecule has 2 aliphatic carbocycles. The average Bonchev–Trinajstić information content (AvgIpc) is 2.79. The number of nitrogens with zero attached hydrogens (tertiary/aromatic N) is 1. The van der Waals surface area contributed by atoms with Crippen LogP contribution in [-0.4, -0.2) is 31.6 Å². The van der Waals surface area contributed by atoms with E-state index in [4.69, 9.17) is 4.74 Å². The first-order valence-corrected chi connectivity index (χ1v) is 11.7. The summed E-state index contributed by atoms with van der Waals surface area (Å²) >= 11 is 0. The highest BCUT2D eigenvalue weighted by Crippen LogP contribution is 2.57. The fourth-order valence-corrected chi connectivity index (χ4v) is 6.74. The van der Waals surface area contributed by atoms with E-state index < -0.39 is 23.5 Å². The molecule has 5 rings (SSSR count). The monoisotopic (exact) mass is 483 g/mol. The summed E-state index contributed by atoms with van der Waals surface area (Å²) in [5.74, 6) is 0.829. The fraction of sp³-hybridized carbons (Fsp3) is 0.538. The van der Waals surface area contributed by atoms with Gasteiger partial charge in [-0.05, 0) is 92.2 Å². The number of alkyl halides is 6. The maximum atomic E-state index is 13.5. The second-order valence-corrected chi connectivity index (χ2v) is 10.0. The number of ether oxygens (including phenoxy) is 1. The van der Waals surface area contributed by atoms with Crippen molar-refractivity contribution in [3.05, 3.63) is 52.6 Å². The van der Waals surface area contributed by atoms with Crippen molar-refractivity contribution < 1.29 is 31.1 Å². The summed E-state index contributed by atoms with van der Waals surface area (Å²) in [7, 11) is 3.53. The van der Waals surface area contributed by atoms with Gasteiger partial charge in [-0.2, -0.15) is 26.3 Å². The molecule has 3 atom stereocenters. The molecular weight excluding hydrogens is 456 g/mol. The van der Waals surface area contributed by atoms with E-state index in [1.807, 2.05) is 6.07 Å². The Morgan fingerprint density at radius 2 is 1.59 bits per heavy atom. The molecule has 0 N–H and O–H groups in total. The van der Waals surface area contributed by atoms with Crippen LogP contribution in [-0.2, 0) is 24.2 Å². The van der Waals surface area contributed by atoms with E-state index in [2.05, 4.69) is 11.9 Å². The van der Waals surface area contributed by atoms with E-state index in [-0.39, 0.29) is 22.6 Å². The predicted molar refractivity (Wildman–Crippen MR) is 117 cm³/mol. The fourth-order valence-electron chi connectivity index (χ4n) is 6.74. The summed E-state index contributed by atoms with van der Waals surface area (Å²) in [6.45, 7) is 0.979. The van der Waals surface area contributed by atoms with Gasteiger partial charge in [0.2, 0.25) is 0 Å². The van der Waals surface area contributed by atoms with Gasteiger partial charge in [0.1, 0.15) is 5.75 Å². The van der Waals surface area contributed by atoms with Crippen molar-refractivity contribution >= 4 is 0 Å². The lowest BCUT2D eigenvalue weighted by Gasteiger charge is -2.58. The van der Waals surface area contributed by atoms with Crippen molar-refractivity contribution in [3.8, 4) is 16.9 Å². The number of likely N-dealkylation sites (N-methyl/N-ethyl adjacent to an activating group) is 1. The molecule has 3 aliphatic rings. The predicted octanol–water partition coefficient (Wildman–Crippen LogP) is 7.09. The van der Waals surface area contributed by atoms with Gasteiger partial charge in [-0.3, -0.25) is 0 Å². The molecule has 8 heteroatoms. The van der Waals surface area contributed by atoms with Gasteiger partial charge < -0.3 is 9.64 Å². The van der Waals surface area contributed by atoms with Crippen molar-refractivity contribution in [2.45, 2.75) is 62.3 Å². The van der Waals surface area contributed by atoms with Crippen LogP contribution in [0.5, 0.6) is 5.75 Å². The number of benzene rings is 2. The summed E-state index contributed by atoms with van der Waals surface area (Å²) in [6, 6.07) is 5.75. The standard InChI is InChI=1S/C26H27F6NO/c1-33-8-7-24-6-4-3-5-20(24)22(33)12-16-11-19(23(34-2)14-21(16)24)15-9-17(25(27,28)29)13-18(10-15)26(30,31)32/h9-11,13-14,20,22H,3-8,12H2,1-2H3/t20-,22-,24-/m1/s1. The highest BCUT2D eigenvalue weighted by Gasteiger charge is 2.53. The molecule has 0 aromatic heterocycles. The van der Waals surface area contributed by atoms with Crippen LogP contribution in [0.15, 0.2) is 30.3 Å². The van der Waals surface area contributed by atoms with Gasteiger partial charge in [0.15, 0.2) is 0 Å². The number of rotatable bonds is 2. The minimum atomic E-state index is -4.90. The lowest BCUT2D eigenvalue weighted by atomic mass is 9.52. The average molecular weight is 483 g/mol. The van der Waals surface area contributed by atoms with Gasteiger partial charge >= 0.3 is 12.4 Å². The Kier molecular flexibility index (Phi) is 5.47. The zero-order valence-electron chi connectivity index (χ0n) is 19.1. The second-order valence-electron chi connectivity index (χ2n) is 10.0. The molecule has 2 bridgehead atoms. The minimum absolute atomic E-state index is 0.000230. The number of fused-ring (bicyclic) bond motifs is 1. The molecule has 1 saturated carbocycles. The lowest BCUT2D eigenvalue weighted by molar-refractivity contribution is -0.143. The number of hydrogen-bond acceptors (Lipinski definition) is 2. The smallest absolute Gasteiger partial charge is 0.416 e. The van der Waals surface area contributed by atoms with Gasteiger partial charge in [0.25, 0.3) is 0 Å². The molecule has 0 amide bonds. The van der Waals surface area contributed by atoms with Crippen LogP contribution >= 0.6 is 0 Å². The van der Waals surface area contributed by atoms with E-state index in [0.29, 0.717) is 17.7 Å². The van der Waals surface area contributed by atoms with Crippen molar-refractivity contribution in [3.63, 3.8) is 0 Å². The molecular formula is C26H27F6NO. The molecule has 2 fully saturated rings. The Balaban J connectivity index is 1.70. The van der Waals surface area contributed by atoms with Crippen LogP contribution in [0.4, 0.5) is 26.3 Å². The third-order valence-corrected chi connectivity index (χ3v) is 8.33. The van der Waals surface area contributed by atoms with E-state index in [1.54, 1.807) is 6.07 Å². The first-order chi connectivity index (χ1) is 15.9. The highest BCUT2D eigenvalue weighted by atomic mass is 19.4. The Morgan fingerprint density at radius 1 is 0.912 bits per heavy atom. The maximum Gasteiger partial charge on any atom is 0.416 e. The Bertz CT molecular complexity index is 1080. The normalized spacial score (nSPS) is 27.2. The molecule has 2 nitrogen and oxygen atoms in total. The Morgan fingerprint density at radius 3 is 2.21 bits per heavy atom. The molecule has 0 spiro atoms. The molecule has 0 unspecified atom stereocenters. The van der Waals surface area contributed by atoms with E-state index in [9.17, 15) is 26.3 Å². The molecule has 1 aliphatic heterocycles. The Labute approximate surface area is 194 Å². The minimum Gasteiger partial charge on any atom is -0.496 e. The third kappa shape index (κ3) is 3.69. The quantitative estimate of drug-likeness (QED) is 0.423. The van der Waals surface area contributed by atoms with Crippen LogP contribution in [0.3, 0.4) is 0 Å². The van der Waals surface area contributed by atoms with Crippen molar-refractivity contribution in [2.75, 3.05) is 20.7 Å². The van der Waals surface area contributed by atoms with Gasteiger partial charge in [0.05, 0.1) is 18.2 Å². The van der Waals surface area contributed by atoms with Crippen LogP contribution in [0, 0.1) is 5.92 Å². The zero-order valence-corrected chi connectivity index (χ0v) is 19.1. The molecule has 2 aromatic carbocycles. The SMILES string of the molecule is COc1cc2c(cc1-c1cc(C(F)(F)F)cc(C(F)(F)F)c1)C[C@@H]1[C@H]3CCCC[C@]23CCN1C. The summed E-state index contributed by atoms with van der Waals surface area (Å²) in [6.07, 6.45) is -3.55. The summed E-state index contributed by atoms with van der Waals surface area (Å²) in [4.78, 5) is 2.37. The highest BCUT2D eigenvalue weighted by molar-refractivity contribution is 5.74. The van der Waals surface area contributed by atoms with Gasteiger partial charge in [-0.15, -0.1) is 0 Å². The zero-order chi connectivity index (χ0) is 24.5. The number of methoxy groups -OCH3 is 1. The summed E-state index contributed by atoms with van der Waals surface area (Å²) < 4.78 is 86.5. The first-order valence-electron chi connectivity index (χ1n) is 11.7. The second kappa shape index (κ2) is 7.90. The number of piperidine rings is 1. The van der Waals surface area contributed by atoms with Crippen LogP contribution < -0.4 is 4.74 Å². The maximum absolute atomic E-state index is 13.5. The molecule has 1 heterocycles. The van der Waals surface area contributed by atoms with E-state index in [0.717, 1.165) is 56.3 Å². The van der Waals surface area contributed by atoms with Crippen molar-refractivity contribution in [2.24, 2.45) is 5.92 Å². The Hall–Kier alpha value is -2.22. The van der Waals surface area contributed by atoms with Crippen LogP contribution in [0.2, 0.25) is 0 Å². The van der Waals surface area contributed by atoms with Gasteiger partial charge in [-0.1, -0.05) is 12.8 Å². The first kappa shape index (κ1) is 23.5. The molecule has 34 heavy (non-hydrogen) atoms. The summed E-state index contributed by atoms with van der Waals surface area (Å²) in [5, 5.41) is 0. The van der Waals surface area contributed by atoms with E-state index in [1.165, 1.54) is 19.1 Å². The number of likely N-dealkylation sites (tertiary alicyclic amines) is 1. The largest absolute Gasteiger partial charge is 0.496 e. The van der Waals surface area contributed by atoms with Crippen LogP contribution in [0.25, 0.3) is 11.1 Å². The molecule has 2 aromatic rings. The number of hydrogen-bond donors (Lipinski definition) is 0. The molecule has 0 radical (unpaired) electrons. The number of halogens is 6. The topological polar surface area (TPSA) is 12.5 Å². The third-order valence-electron chi connectivity index (χ3n) is 8.33. The molecule has 184 valence electrons. The van der Waals surface area contributed by atoms with Gasteiger partial charge in [-0.25, -0.2) is 0 Å². The van der Waals surface area contributed by atoms with E-state index >= 15 is 0 Å². The molecule has 1 saturated heterocycles. The van der Waals surface area contributed by atoms with Crippen molar-refractivity contribution in [1.29, 1.82) is 0 Å².